The third-order valence-electron chi connectivity index (χ3n) is 5.31. The van der Waals surface area contributed by atoms with E-state index in [0.29, 0.717) is 19.1 Å². The molecule has 2 heterocycles. The molecule has 3 rings (SSSR count). The molecule has 1 aromatic carbocycles. The van der Waals surface area contributed by atoms with Crippen LogP contribution in [0, 0.1) is 0 Å². The molecule has 0 aliphatic carbocycles. The Morgan fingerprint density at radius 3 is 2.70 bits per heavy atom. The summed E-state index contributed by atoms with van der Waals surface area (Å²) in [6.45, 7) is 5.50. The van der Waals surface area contributed by atoms with E-state index >= 15 is 0 Å². The quantitative estimate of drug-likeness (QED) is 0.469. The van der Waals surface area contributed by atoms with Crippen LogP contribution in [0.25, 0.3) is 10.9 Å². The molecule has 4 N–H and O–H groups in total. The predicted octanol–water partition coefficient (Wildman–Crippen LogP) is 1.31. The minimum atomic E-state index is -0.266. The number of nitrogens with two attached hydrogens (primary N) is 1. The van der Waals surface area contributed by atoms with Crippen molar-refractivity contribution in [2.75, 3.05) is 45.2 Å². The molecule has 0 unspecified atom stereocenters. The zero-order chi connectivity index (χ0) is 21.5. The largest absolute Gasteiger partial charge is 0.369 e. The van der Waals surface area contributed by atoms with Gasteiger partial charge in [0.15, 0.2) is 5.96 Å². The summed E-state index contributed by atoms with van der Waals surface area (Å²) in [5, 5.41) is 8.04. The Hall–Kier alpha value is -2.87. The van der Waals surface area contributed by atoms with Crippen LogP contribution in [0.1, 0.15) is 25.3 Å². The van der Waals surface area contributed by atoms with Gasteiger partial charge in [0, 0.05) is 45.2 Å². The highest BCUT2D eigenvalue weighted by atomic mass is 16.1. The topological polar surface area (TPSA) is 98.9 Å². The van der Waals surface area contributed by atoms with Crippen molar-refractivity contribution < 1.29 is 4.79 Å². The normalized spacial score (nSPS) is 15.9. The predicted molar refractivity (Wildman–Crippen MR) is 123 cm³/mol. The molecule has 0 bridgehead atoms. The number of benzene rings is 1. The van der Waals surface area contributed by atoms with Crippen molar-refractivity contribution in [1.29, 1.82) is 0 Å². The third-order valence-corrected chi connectivity index (χ3v) is 5.31. The zero-order valence-electron chi connectivity index (χ0n) is 18.2. The number of aliphatic imine (C=N–C) groups is 1. The van der Waals surface area contributed by atoms with Gasteiger partial charge in [-0.15, -0.1) is 0 Å². The second-order valence-corrected chi connectivity index (χ2v) is 7.91. The maximum Gasteiger partial charge on any atom is 0.231 e. The number of para-hydroxylation sites is 1. The molecule has 1 saturated heterocycles. The van der Waals surface area contributed by atoms with E-state index in [4.69, 9.17) is 15.7 Å². The number of guanidine groups is 1. The van der Waals surface area contributed by atoms with Crippen LogP contribution in [0.3, 0.4) is 0 Å². The summed E-state index contributed by atoms with van der Waals surface area (Å²) < 4.78 is 0. The summed E-state index contributed by atoms with van der Waals surface area (Å²) in [4.78, 5) is 24.8. The average molecular weight is 412 g/mol. The molecular weight excluding hydrogens is 378 g/mol. The summed E-state index contributed by atoms with van der Waals surface area (Å²) in [6, 6.07) is 10.6. The number of likely N-dealkylation sites (tertiary alicyclic amines) is 1. The van der Waals surface area contributed by atoms with Crippen molar-refractivity contribution in [2.24, 2.45) is 10.7 Å². The first-order valence-corrected chi connectivity index (χ1v) is 10.6. The van der Waals surface area contributed by atoms with Crippen LogP contribution in [-0.4, -0.2) is 68.1 Å². The molecule has 0 atom stereocenters. The molecule has 1 amide bonds. The lowest BCUT2D eigenvalue weighted by Crippen LogP contribution is -2.49. The third kappa shape index (κ3) is 5.82. The van der Waals surface area contributed by atoms with E-state index in [1.165, 1.54) is 0 Å². The average Bonchev–Trinajstić information content (AvgIpc) is 2.72. The van der Waals surface area contributed by atoms with E-state index in [1.807, 2.05) is 37.2 Å². The van der Waals surface area contributed by atoms with Crippen LogP contribution in [0.4, 0.5) is 5.82 Å². The molecule has 0 spiro atoms. The maximum absolute atomic E-state index is 11.1. The Morgan fingerprint density at radius 1 is 1.30 bits per heavy atom. The van der Waals surface area contributed by atoms with Crippen molar-refractivity contribution in [3.63, 3.8) is 0 Å². The van der Waals surface area contributed by atoms with Crippen molar-refractivity contribution in [2.45, 2.75) is 32.4 Å². The van der Waals surface area contributed by atoms with Gasteiger partial charge < -0.3 is 21.3 Å². The van der Waals surface area contributed by atoms with Gasteiger partial charge in [-0.05, 0) is 37.5 Å². The number of primary amides is 1. The molecule has 162 valence electrons. The Labute approximate surface area is 178 Å². The van der Waals surface area contributed by atoms with Gasteiger partial charge in [-0.1, -0.05) is 18.2 Å². The monoisotopic (exact) mass is 411 g/mol. The fraction of sp³-hybridized carbons (Fsp3) is 0.500. The fourth-order valence-corrected chi connectivity index (χ4v) is 3.73. The summed E-state index contributed by atoms with van der Waals surface area (Å²) in [6.07, 6.45) is 1.92. The van der Waals surface area contributed by atoms with Crippen LogP contribution in [-0.2, 0) is 11.3 Å². The number of anilines is 1. The van der Waals surface area contributed by atoms with Gasteiger partial charge in [0.2, 0.25) is 5.91 Å². The maximum atomic E-state index is 11.1. The molecule has 1 aliphatic rings. The van der Waals surface area contributed by atoms with Gasteiger partial charge in [-0.2, -0.15) is 0 Å². The van der Waals surface area contributed by atoms with Crippen LogP contribution in [0.15, 0.2) is 35.3 Å². The number of amides is 1. The van der Waals surface area contributed by atoms with Crippen LogP contribution >= 0.6 is 0 Å². The number of nitrogens with one attached hydrogen (secondary N) is 2. The highest BCUT2D eigenvalue weighted by molar-refractivity contribution is 5.85. The number of hydrogen-bond donors (Lipinski definition) is 3. The Morgan fingerprint density at radius 2 is 2.03 bits per heavy atom. The molecule has 30 heavy (non-hydrogen) atoms. The lowest BCUT2D eigenvalue weighted by Gasteiger charge is -2.32. The minimum Gasteiger partial charge on any atom is -0.369 e. The highest BCUT2D eigenvalue weighted by Gasteiger charge is 2.20. The molecule has 0 saturated carbocycles. The molecule has 1 aliphatic heterocycles. The first kappa shape index (κ1) is 21.8. The fourth-order valence-electron chi connectivity index (χ4n) is 3.73. The number of hydrogen-bond acceptors (Lipinski definition) is 5. The van der Waals surface area contributed by atoms with E-state index in [1.54, 1.807) is 0 Å². The molecule has 8 nitrogen and oxygen atoms in total. The van der Waals surface area contributed by atoms with Gasteiger partial charge >= 0.3 is 0 Å². The lowest BCUT2D eigenvalue weighted by molar-refractivity contribution is -0.119. The van der Waals surface area contributed by atoms with Crippen LogP contribution in [0.2, 0.25) is 0 Å². The smallest absolute Gasteiger partial charge is 0.231 e. The number of rotatable bonds is 7. The minimum absolute atomic E-state index is 0.266. The van der Waals surface area contributed by atoms with Gasteiger partial charge in [0.25, 0.3) is 0 Å². The molecule has 1 fully saturated rings. The number of nitrogens with zero attached hydrogens (tertiary/aromatic N) is 4. The van der Waals surface area contributed by atoms with Crippen LogP contribution < -0.4 is 21.3 Å². The van der Waals surface area contributed by atoms with E-state index in [2.05, 4.69) is 34.6 Å². The van der Waals surface area contributed by atoms with Crippen molar-refractivity contribution >= 4 is 28.6 Å². The Kier molecular flexibility index (Phi) is 7.46. The standard InChI is InChI=1S/C22H33N7O/c1-4-24-22(26-17-9-11-29(12-10-17)15-20(23)30)25-14-16-13-21(28(2)3)27-19-8-6-5-7-18(16)19/h5-8,13,17H,4,9-12,14-15H2,1-3H3,(H2,23,30)(H2,24,25,26). The lowest BCUT2D eigenvalue weighted by atomic mass is 10.1. The molecule has 2 aromatic rings. The van der Waals surface area contributed by atoms with Crippen molar-refractivity contribution in [3.8, 4) is 0 Å². The van der Waals surface area contributed by atoms with E-state index < -0.39 is 0 Å². The van der Waals surface area contributed by atoms with E-state index in [0.717, 1.165) is 60.7 Å². The molecule has 8 heteroatoms. The van der Waals surface area contributed by atoms with E-state index in [9.17, 15) is 4.79 Å². The van der Waals surface area contributed by atoms with Crippen molar-refractivity contribution in [3.05, 3.63) is 35.9 Å². The number of aromatic nitrogens is 1. The first-order chi connectivity index (χ1) is 14.5. The molecular formula is C22H33N7O. The highest BCUT2D eigenvalue weighted by Crippen LogP contribution is 2.22. The van der Waals surface area contributed by atoms with Crippen molar-refractivity contribution in [1.82, 2.24) is 20.5 Å². The second kappa shape index (κ2) is 10.2. The number of piperidine rings is 1. The summed E-state index contributed by atoms with van der Waals surface area (Å²) >= 11 is 0. The van der Waals surface area contributed by atoms with Gasteiger partial charge in [-0.25, -0.2) is 9.98 Å². The SMILES string of the molecule is CCNC(=NCc1cc(N(C)C)nc2ccccc12)NC1CCN(CC(N)=O)CC1. The summed E-state index contributed by atoms with van der Waals surface area (Å²) in [7, 11) is 4.00. The number of carbonyl (C=O) groups is 1. The summed E-state index contributed by atoms with van der Waals surface area (Å²) in [5.74, 6) is 1.48. The van der Waals surface area contributed by atoms with Gasteiger partial charge in [0.05, 0.1) is 18.6 Å². The number of pyridine rings is 1. The summed E-state index contributed by atoms with van der Waals surface area (Å²) in [5.41, 5.74) is 7.44. The molecule has 0 radical (unpaired) electrons. The Balaban J connectivity index is 1.71. The number of carbonyl (C=O) groups excluding carboxylic acids is 1. The zero-order valence-corrected chi connectivity index (χ0v) is 18.2. The van der Waals surface area contributed by atoms with Gasteiger partial charge in [0.1, 0.15) is 5.82 Å². The molecule has 1 aromatic heterocycles. The van der Waals surface area contributed by atoms with Crippen LogP contribution in [0.5, 0.6) is 0 Å². The second-order valence-electron chi connectivity index (χ2n) is 7.91. The number of fused-ring (bicyclic) bond motifs is 1. The van der Waals surface area contributed by atoms with E-state index in [-0.39, 0.29) is 5.91 Å². The first-order valence-electron chi connectivity index (χ1n) is 10.6. The van der Waals surface area contributed by atoms with Gasteiger partial charge in [-0.3, -0.25) is 9.69 Å². The Bertz CT molecular complexity index is 888.